The molecule has 0 saturated carbocycles. The number of carboxylic acids is 1. The molecule has 0 aliphatic heterocycles. The van der Waals surface area contributed by atoms with Gasteiger partial charge in [-0.1, -0.05) is 48.5 Å². The van der Waals surface area contributed by atoms with E-state index in [1.807, 2.05) is 36.4 Å². The second-order valence-electron chi connectivity index (χ2n) is 7.27. The molecule has 1 aliphatic carbocycles. The molecule has 1 atom stereocenters. The number of hydrogen-bond donors (Lipinski definition) is 4. The van der Waals surface area contributed by atoms with Crippen molar-refractivity contribution < 1.29 is 34.1 Å². The third kappa shape index (κ3) is 6.05. The molecule has 32 heavy (non-hydrogen) atoms. The molecule has 9 nitrogen and oxygen atoms in total. The van der Waals surface area contributed by atoms with Crippen LogP contribution in [0.1, 0.15) is 23.5 Å². The van der Waals surface area contributed by atoms with Crippen molar-refractivity contribution in [2.24, 2.45) is 0 Å². The van der Waals surface area contributed by atoms with Crippen LogP contribution in [0.3, 0.4) is 0 Å². The number of carbonyl (C=O) groups excluding carboxylic acids is 2. The number of aliphatic hydroxyl groups excluding tert-OH is 1. The zero-order valence-electron chi connectivity index (χ0n) is 17.5. The van der Waals surface area contributed by atoms with Gasteiger partial charge in [-0.2, -0.15) is 0 Å². The van der Waals surface area contributed by atoms with Gasteiger partial charge < -0.3 is 30.3 Å². The number of fused-ring (bicyclic) bond motifs is 3. The quantitative estimate of drug-likeness (QED) is 0.387. The van der Waals surface area contributed by atoms with Crippen LogP contribution in [0, 0.1) is 0 Å². The van der Waals surface area contributed by atoms with E-state index >= 15 is 0 Å². The first-order valence-electron chi connectivity index (χ1n) is 10.3. The zero-order chi connectivity index (χ0) is 22.9. The predicted molar refractivity (Wildman–Crippen MR) is 115 cm³/mol. The van der Waals surface area contributed by atoms with Gasteiger partial charge >= 0.3 is 12.1 Å². The van der Waals surface area contributed by atoms with Gasteiger partial charge in [0.1, 0.15) is 6.61 Å². The van der Waals surface area contributed by atoms with Gasteiger partial charge in [-0.3, -0.25) is 4.79 Å². The minimum Gasteiger partial charge on any atom is -0.479 e. The van der Waals surface area contributed by atoms with Crippen LogP contribution in [0.4, 0.5) is 4.79 Å². The van der Waals surface area contributed by atoms with E-state index in [-0.39, 0.29) is 45.2 Å². The molecule has 3 rings (SSSR count). The van der Waals surface area contributed by atoms with Gasteiger partial charge in [0.15, 0.2) is 6.10 Å². The van der Waals surface area contributed by atoms with Crippen LogP contribution < -0.4 is 10.6 Å². The number of nitrogens with one attached hydrogen (secondary N) is 2. The van der Waals surface area contributed by atoms with E-state index in [1.165, 1.54) is 0 Å². The fourth-order valence-corrected chi connectivity index (χ4v) is 3.53. The Morgan fingerprint density at radius 3 is 2.19 bits per heavy atom. The molecular formula is C23H26N2O7. The number of rotatable bonds is 11. The van der Waals surface area contributed by atoms with Gasteiger partial charge in [-0.05, 0) is 22.3 Å². The highest BCUT2D eigenvalue weighted by molar-refractivity contribution is 5.79. The van der Waals surface area contributed by atoms with Crippen molar-refractivity contribution in [2.75, 3.05) is 32.9 Å². The number of aliphatic hydroxyl groups is 1. The van der Waals surface area contributed by atoms with Crippen LogP contribution in [0.5, 0.6) is 0 Å². The molecule has 0 unspecified atom stereocenters. The van der Waals surface area contributed by atoms with Gasteiger partial charge in [0.25, 0.3) is 0 Å². The normalized spacial score (nSPS) is 13.0. The van der Waals surface area contributed by atoms with Crippen molar-refractivity contribution in [2.45, 2.75) is 18.4 Å². The minimum atomic E-state index is -1.64. The van der Waals surface area contributed by atoms with E-state index in [0.717, 1.165) is 22.3 Å². The Hall–Kier alpha value is -3.43. The first kappa shape index (κ1) is 23.2. The summed E-state index contributed by atoms with van der Waals surface area (Å²) in [6.07, 6.45) is -2.17. The molecule has 0 spiro atoms. The third-order valence-electron chi connectivity index (χ3n) is 5.11. The van der Waals surface area contributed by atoms with Crippen LogP contribution >= 0.6 is 0 Å². The number of carboxylic acid groups (broad SMARTS) is 1. The lowest BCUT2D eigenvalue weighted by atomic mass is 9.98. The summed E-state index contributed by atoms with van der Waals surface area (Å²) in [7, 11) is 0. The fraction of sp³-hybridized carbons (Fsp3) is 0.348. The summed E-state index contributed by atoms with van der Waals surface area (Å²) in [5.41, 5.74) is 4.59. The molecule has 1 aliphatic rings. The standard InChI is InChI=1S/C23H26N2O7/c26-20(22(28)29)13-25-21(27)9-11-31-12-10-24-23(30)32-14-19-17-7-3-1-5-15(17)16-6-2-4-8-18(16)19/h1-8,19-20,26H,9-14H2,(H,24,30)(H,25,27)(H,28,29)/t20-/m0/s1. The molecule has 2 amide bonds. The minimum absolute atomic E-state index is 0.0112. The number of benzene rings is 2. The first-order chi connectivity index (χ1) is 15.5. The van der Waals surface area contributed by atoms with E-state index in [4.69, 9.17) is 19.7 Å². The SMILES string of the molecule is O=C(CCOCCNC(=O)OCC1c2ccccc2-c2ccccc21)NC[C@H](O)C(=O)O. The highest BCUT2D eigenvalue weighted by Crippen LogP contribution is 2.44. The lowest BCUT2D eigenvalue weighted by Crippen LogP contribution is -2.36. The molecule has 2 aromatic carbocycles. The number of hydrogen-bond acceptors (Lipinski definition) is 6. The van der Waals surface area contributed by atoms with Crippen molar-refractivity contribution in [1.82, 2.24) is 10.6 Å². The molecular weight excluding hydrogens is 416 g/mol. The number of aliphatic carboxylic acids is 1. The first-order valence-corrected chi connectivity index (χ1v) is 10.3. The molecule has 0 aromatic heterocycles. The second kappa shape index (κ2) is 11.3. The van der Waals surface area contributed by atoms with Gasteiger partial charge in [0.05, 0.1) is 19.8 Å². The summed E-state index contributed by atoms with van der Waals surface area (Å²) in [6.45, 7) is 0.368. The second-order valence-corrected chi connectivity index (χ2v) is 7.27. The topological polar surface area (TPSA) is 134 Å². The van der Waals surface area contributed by atoms with Gasteiger partial charge in [-0.25, -0.2) is 9.59 Å². The third-order valence-corrected chi connectivity index (χ3v) is 5.11. The van der Waals surface area contributed by atoms with Crippen molar-refractivity contribution in [3.8, 4) is 11.1 Å². The van der Waals surface area contributed by atoms with E-state index in [1.54, 1.807) is 0 Å². The summed E-state index contributed by atoms with van der Waals surface area (Å²) in [6, 6.07) is 16.2. The van der Waals surface area contributed by atoms with Crippen molar-refractivity contribution >= 4 is 18.0 Å². The van der Waals surface area contributed by atoms with E-state index in [0.29, 0.717) is 0 Å². The molecule has 9 heteroatoms. The molecule has 4 N–H and O–H groups in total. The van der Waals surface area contributed by atoms with Crippen molar-refractivity contribution in [1.29, 1.82) is 0 Å². The molecule has 170 valence electrons. The Morgan fingerprint density at radius 2 is 1.56 bits per heavy atom. The summed E-state index contributed by atoms with van der Waals surface area (Å²) in [5.74, 6) is -1.85. The van der Waals surface area contributed by atoms with Gasteiger partial charge in [-0.15, -0.1) is 0 Å². The maximum Gasteiger partial charge on any atom is 0.407 e. The lowest BCUT2D eigenvalue weighted by molar-refractivity contribution is -0.146. The van der Waals surface area contributed by atoms with Crippen LogP contribution in [0.25, 0.3) is 11.1 Å². The molecule has 0 saturated heterocycles. The Bertz CT molecular complexity index is 917. The average Bonchev–Trinajstić information content (AvgIpc) is 3.12. The predicted octanol–water partition coefficient (Wildman–Crippen LogP) is 1.49. The fourth-order valence-electron chi connectivity index (χ4n) is 3.53. The maximum atomic E-state index is 12.0. The number of alkyl carbamates (subject to hydrolysis) is 1. The number of ether oxygens (including phenoxy) is 2. The molecule has 0 radical (unpaired) electrons. The van der Waals surface area contributed by atoms with Crippen LogP contribution in [-0.4, -0.2) is 67.2 Å². The van der Waals surface area contributed by atoms with Crippen LogP contribution in [0.15, 0.2) is 48.5 Å². The monoisotopic (exact) mass is 442 g/mol. The van der Waals surface area contributed by atoms with Crippen LogP contribution in [0.2, 0.25) is 0 Å². The Morgan fingerprint density at radius 1 is 0.938 bits per heavy atom. The highest BCUT2D eigenvalue weighted by atomic mass is 16.5. The smallest absolute Gasteiger partial charge is 0.407 e. The Kier molecular flexibility index (Phi) is 8.18. The van der Waals surface area contributed by atoms with Crippen molar-refractivity contribution in [3.05, 3.63) is 59.7 Å². The van der Waals surface area contributed by atoms with Gasteiger partial charge in [0, 0.05) is 18.9 Å². The maximum absolute atomic E-state index is 12.0. The van der Waals surface area contributed by atoms with Crippen molar-refractivity contribution in [3.63, 3.8) is 0 Å². The van der Waals surface area contributed by atoms with E-state index < -0.39 is 24.1 Å². The molecule has 0 fully saturated rings. The van der Waals surface area contributed by atoms with E-state index in [9.17, 15) is 14.4 Å². The summed E-state index contributed by atoms with van der Waals surface area (Å²) in [4.78, 5) is 34.0. The Balaban J connectivity index is 1.32. The molecule has 0 bridgehead atoms. The number of amides is 2. The molecule has 0 heterocycles. The van der Waals surface area contributed by atoms with Gasteiger partial charge in [0.2, 0.25) is 5.91 Å². The largest absolute Gasteiger partial charge is 0.479 e. The summed E-state index contributed by atoms with van der Waals surface area (Å²) >= 11 is 0. The highest BCUT2D eigenvalue weighted by Gasteiger charge is 2.28. The summed E-state index contributed by atoms with van der Waals surface area (Å²) in [5, 5.41) is 22.5. The number of carbonyl (C=O) groups is 3. The average molecular weight is 442 g/mol. The van der Waals surface area contributed by atoms with E-state index in [2.05, 4.69) is 22.8 Å². The Labute approximate surface area is 185 Å². The zero-order valence-corrected chi connectivity index (χ0v) is 17.5. The van der Waals surface area contributed by atoms with Crippen LogP contribution in [-0.2, 0) is 19.1 Å². The lowest BCUT2D eigenvalue weighted by Gasteiger charge is -2.14. The molecule has 2 aromatic rings. The summed E-state index contributed by atoms with van der Waals surface area (Å²) < 4.78 is 10.7.